The average Bonchev–Trinajstić information content (AvgIpc) is 2.65. The lowest BCUT2D eigenvalue weighted by Crippen LogP contribution is -2.53. The fraction of sp³-hybridized carbons (Fsp3) is 0.263. The first-order valence-corrected chi connectivity index (χ1v) is 8.40. The number of amides is 2. The summed E-state index contributed by atoms with van der Waals surface area (Å²) in [4.78, 5) is 37.3. The van der Waals surface area contributed by atoms with E-state index >= 15 is 0 Å². The van der Waals surface area contributed by atoms with Gasteiger partial charge in [-0.05, 0) is 44.0 Å². The Labute approximate surface area is 150 Å². The highest BCUT2D eigenvalue weighted by molar-refractivity contribution is 6.10. The highest BCUT2D eigenvalue weighted by Gasteiger charge is 2.33. The van der Waals surface area contributed by atoms with Crippen molar-refractivity contribution >= 4 is 23.2 Å². The Morgan fingerprint density at radius 1 is 1.15 bits per heavy atom. The standard InChI is InChI=1S/C19H19N3O4/c1-13-4-8-15(9-5-13)21(17-3-2-12-20-18(17)23)19(24)14-6-10-16(11-7-14)22(25)26/h4-11,17H,2-3,12H2,1H3,(H,20,23). The Morgan fingerprint density at radius 3 is 2.38 bits per heavy atom. The van der Waals surface area contributed by atoms with E-state index in [1.807, 2.05) is 19.1 Å². The van der Waals surface area contributed by atoms with Gasteiger partial charge in [0.2, 0.25) is 5.91 Å². The second-order valence-corrected chi connectivity index (χ2v) is 6.26. The minimum atomic E-state index is -0.603. The van der Waals surface area contributed by atoms with Crippen LogP contribution in [0.2, 0.25) is 0 Å². The Balaban J connectivity index is 1.98. The van der Waals surface area contributed by atoms with Crippen LogP contribution in [0.25, 0.3) is 0 Å². The molecule has 3 rings (SSSR count). The summed E-state index contributed by atoms with van der Waals surface area (Å²) in [6.07, 6.45) is 1.35. The molecule has 0 bridgehead atoms. The van der Waals surface area contributed by atoms with Gasteiger partial charge in [0.25, 0.3) is 11.6 Å². The molecule has 1 aliphatic rings. The van der Waals surface area contributed by atoms with Gasteiger partial charge in [-0.15, -0.1) is 0 Å². The lowest BCUT2D eigenvalue weighted by molar-refractivity contribution is -0.384. The number of aryl methyl sites for hydroxylation is 1. The molecule has 7 nitrogen and oxygen atoms in total. The van der Waals surface area contributed by atoms with Gasteiger partial charge in [-0.2, -0.15) is 0 Å². The van der Waals surface area contributed by atoms with E-state index in [2.05, 4.69) is 5.32 Å². The molecule has 1 heterocycles. The lowest BCUT2D eigenvalue weighted by atomic mass is 10.0. The number of nitro groups is 1. The van der Waals surface area contributed by atoms with Crippen LogP contribution in [0.3, 0.4) is 0 Å². The smallest absolute Gasteiger partial charge is 0.269 e. The molecule has 2 amide bonds. The fourth-order valence-electron chi connectivity index (χ4n) is 3.01. The molecular weight excluding hydrogens is 334 g/mol. The summed E-state index contributed by atoms with van der Waals surface area (Å²) in [6, 6.07) is 12.2. The van der Waals surface area contributed by atoms with Gasteiger partial charge in [-0.25, -0.2) is 0 Å². The van der Waals surface area contributed by atoms with Crippen molar-refractivity contribution < 1.29 is 14.5 Å². The van der Waals surface area contributed by atoms with Crippen LogP contribution in [-0.2, 0) is 4.79 Å². The minimum absolute atomic E-state index is 0.0844. The number of benzene rings is 2. The van der Waals surface area contributed by atoms with Crippen LogP contribution in [0.4, 0.5) is 11.4 Å². The van der Waals surface area contributed by atoms with E-state index in [9.17, 15) is 19.7 Å². The maximum atomic E-state index is 13.1. The van der Waals surface area contributed by atoms with Gasteiger partial charge in [0, 0.05) is 29.9 Å². The number of rotatable bonds is 4. The maximum absolute atomic E-state index is 13.1. The highest BCUT2D eigenvalue weighted by atomic mass is 16.6. The molecule has 1 unspecified atom stereocenters. The zero-order valence-corrected chi connectivity index (χ0v) is 14.3. The summed E-state index contributed by atoms with van der Waals surface area (Å²) in [6.45, 7) is 2.54. The summed E-state index contributed by atoms with van der Waals surface area (Å²) < 4.78 is 0. The van der Waals surface area contributed by atoms with Crippen molar-refractivity contribution in [3.8, 4) is 0 Å². The predicted molar refractivity (Wildman–Crippen MR) is 97.1 cm³/mol. The van der Waals surface area contributed by atoms with Gasteiger partial charge in [0.05, 0.1) is 4.92 Å². The topological polar surface area (TPSA) is 92.6 Å². The molecule has 0 spiro atoms. The number of non-ortho nitro benzene ring substituents is 1. The van der Waals surface area contributed by atoms with E-state index in [1.54, 1.807) is 12.1 Å². The van der Waals surface area contributed by atoms with Gasteiger partial charge in [-0.3, -0.25) is 24.6 Å². The molecule has 1 N–H and O–H groups in total. The number of hydrogen-bond acceptors (Lipinski definition) is 4. The number of hydrogen-bond donors (Lipinski definition) is 1. The molecule has 7 heteroatoms. The number of nitrogens with zero attached hydrogens (tertiary/aromatic N) is 2. The summed E-state index contributed by atoms with van der Waals surface area (Å²) in [7, 11) is 0. The van der Waals surface area contributed by atoms with E-state index in [-0.39, 0.29) is 17.5 Å². The number of carbonyl (C=O) groups excluding carboxylic acids is 2. The first kappa shape index (κ1) is 17.6. The molecule has 0 radical (unpaired) electrons. The van der Waals surface area contributed by atoms with Gasteiger partial charge < -0.3 is 5.32 Å². The van der Waals surface area contributed by atoms with Gasteiger partial charge in [0.15, 0.2) is 0 Å². The molecule has 0 aromatic heterocycles. The molecule has 1 fully saturated rings. The molecule has 1 atom stereocenters. The second kappa shape index (κ2) is 7.35. The number of piperidine rings is 1. The van der Waals surface area contributed by atoms with Gasteiger partial charge >= 0.3 is 0 Å². The molecule has 134 valence electrons. The molecule has 2 aromatic carbocycles. The van der Waals surface area contributed by atoms with Crippen LogP contribution >= 0.6 is 0 Å². The Kier molecular flexibility index (Phi) is 4.97. The van der Waals surface area contributed by atoms with Gasteiger partial charge in [-0.1, -0.05) is 17.7 Å². The third kappa shape index (κ3) is 3.56. The normalized spacial score (nSPS) is 16.7. The van der Waals surface area contributed by atoms with E-state index < -0.39 is 11.0 Å². The monoisotopic (exact) mass is 353 g/mol. The fourth-order valence-corrected chi connectivity index (χ4v) is 3.01. The largest absolute Gasteiger partial charge is 0.354 e. The predicted octanol–water partition coefficient (Wildman–Crippen LogP) is 2.83. The molecule has 2 aromatic rings. The Hall–Kier alpha value is -3.22. The number of nitro benzene ring substituents is 1. The summed E-state index contributed by atoms with van der Waals surface area (Å²) in [5.41, 5.74) is 1.89. The summed E-state index contributed by atoms with van der Waals surface area (Å²) >= 11 is 0. The third-order valence-electron chi connectivity index (χ3n) is 4.42. The first-order chi connectivity index (χ1) is 12.5. The van der Waals surface area contributed by atoms with Crippen molar-refractivity contribution in [2.75, 3.05) is 11.4 Å². The first-order valence-electron chi connectivity index (χ1n) is 8.40. The van der Waals surface area contributed by atoms with E-state index in [1.165, 1.54) is 29.2 Å². The van der Waals surface area contributed by atoms with Crippen LogP contribution in [0.15, 0.2) is 48.5 Å². The molecule has 0 saturated carbocycles. The Morgan fingerprint density at radius 2 is 1.81 bits per heavy atom. The van der Waals surface area contributed by atoms with Crippen LogP contribution < -0.4 is 10.2 Å². The minimum Gasteiger partial charge on any atom is -0.354 e. The molecule has 1 aliphatic heterocycles. The van der Waals surface area contributed by atoms with E-state index in [0.717, 1.165) is 12.0 Å². The van der Waals surface area contributed by atoms with Crippen molar-refractivity contribution in [1.29, 1.82) is 0 Å². The quantitative estimate of drug-likeness (QED) is 0.676. The zero-order valence-electron chi connectivity index (χ0n) is 14.3. The van der Waals surface area contributed by atoms with Gasteiger partial charge in [0.1, 0.15) is 6.04 Å². The van der Waals surface area contributed by atoms with Crippen molar-refractivity contribution in [3.63, 3.8) is 0 Å². The third-order valence-corrected chi connectivity index (χ3v) is 4.42. The van der Waals surface area contributed by atoms with Crippen molar-refractivity contribution in [2.45, 2.75) is 25.8 Å². The number of carbonyl (C=O) groups is 2. The SMILES string of the molecule is Cc1ccc(N(C(=O)c2ccc([N+](=O)[O-])cc2)C2CCCNC2=O)cc1. The van der Waals surface area contributed by atoms with E-state index in [4.69, 9.17) is 0 Å². The second-order valence-electron chi connectivity index (χ2n) is 6.26. The van der Waals surface area contributed by atoms with Crippen LogP contribution in [0, 0.1) is 17.0 Å². The van der Waals surface area contributed by atoms with Crippen molar-refractivity contribution in [2.24, 2.45) is 0 Å². The zero-order chi connectivity index (χ0) is 18.7. The molecular formula is C19H19N3O4. The lowest BCUT2D eigenvalue weighted by Gasteiger charge is -2.33. The Bertz CT molecular complexity index is 831. The highest BCUT2D eigenvalue weighted by Crippen LogP contribution is 2.25. The van der Waals surface area contributed by atoms with Crippen LogP contribution in [0.5, 0.6) is 0 Å². The van der Waals surface area contributed by atoms with Crippen molar-refractivity contribution in [3.05, 3.63) is 69.8 Å². The maximum Gasteiger partial charge on any atom is 0.269 e. The number of nitrogens with one attached hydrogen (secondary N) is 1. The average molecular weight is 353 g/mol. The van der Waals surface area contributed by atoms with Crippen LogP contribution in [-0.4, -0.2) is 29.3 Å². The van der Waals surface area contributed by atoms with E-state index in [0.29, 0.717) is 24.2 Å². The van der Waals surface area contributed by atoms with Crippen LogP contribution in [0.1, 0.15) is 28.8 Å². The summed E-state index contributed by atoms with van der Waals surface area (Å²) in [5.74, 6) is -0.544. The molecule has 26 heavy (non-hydrogen) atoms. The summed E-state index contributed by atoms with van der Waals surface area (Å²) in [5, 5.41) is 13.6. The van der Waals surface area contributed by atoms with Crippen molar-refractivity contribution in [1.82, 2.24) is 5.32 Å². The molecule has 1 saturated heterocycles. The number of anilines is 1. The molecule has 0 aliphatic carbocycles.